The number of hydrazone groups is 1. The number of hydrogen-bond acceptors (Lipinski definition) is 5. The van der Waals surface area contributed by atoms with Gasteiger partial charge in [-0.05, 0) is 53.2 Å². The number of aromatic amines is 1. The molecule has 0 aliphatic rings. The molecule has 7 nitrogen and oxygen atoms in total. The van der Waals surface area contributed by atoms with E-state index in [2.05, 4.69) is 38.3 Å². The van der Waals surface area contributed by atoms with Crippen molar-refractivity contribution in [3.8, 4) is 11.5 Å². The van der Waals surface area contributed by atoms with Crippen molar-refractivity contribution in [2.45, 2.75) is 11.7 Å². The molecule has 31 heavy (non-hydrogen) atoms. The summed E-state index contributed by atoms with van der Waals surface area (Å²) < 4.78 is 2.16. The van der Waals surface area contributed by atoms with Crippen LogP contribution in [-0.4, -0.2) is 33.1 Å². The van der Waals surface area contributed by atoms with Crippen LogP contribution in [0.15, 0.2) is 83.1 Å². The molecule has 0 aliphatic carbocycles. The fourth-order valence-corrected chi connectivity index (χ4v) is 3.94. The van der Waals surface area contributed by atoms with Crippen LogP contribution in [-0.2, 0) is 11.3 Å². The second-order valence-corrected chi connectivity index (χ2v) is 7.81. The van der Waals surface area contributed by atoms with Crippen LogP contribution < -0.4 is 9.99 Å². The minimum Gasteiger partial charge on any atom is -0.504 e. The van der Waals surface area contributed by atoms with Gasteiger partial charge in [-0.3, -0.25) is 4.79 Å². The molecule has 0 atom stereocenters. The normalized spacial score (nSPS) is 11.2. The van der Waals surface area contributed by atoms with E-state index in [1.807, 2.05) is 36.4 Å². The highest BCUT2D eigenvalue weighted by atomic mass is 32.2. The number of amides is 1. The van der Waals surface area contributed by atoms with Gasteiger partial charge in [-0.25, -0.2) is 15.0 Å². The van der Waals surface area contributed by atoms with Crippen LogP contribution in [0.4, 0.5) is 0 Å². The molecule has 4 N–H and O–H groups in total. The molecule has 0 unspecified atom stereocenters. The highest BCUT2D eigenvalue weighted by Crippen LogP contribution is 2.24. The molecule has 0 fully saturated rings. The maximum Gasteiger partial charge on any atom is 0.317 e. The van der Waals surface area contributed by atoms with Crippen LogP contribution in [0.5, 0.6) is 11.5 Å². The zero-order valence-corrected chi connectivity index (χ0v) is 17.3. The van der Waals surface area contributed by atoms with Gasteiger partial charge < -0.3 is 10.2 Å². The smallest absolute Gasteiger partial charge is 0.317 e. The Labute approximate surface area is 183 Å². The largest absolute Gasteiger partial charge is 0.504 e. The lowest BCUT2D eigenvalue weighted by Crippen LogP contribution is -2.36. The predicted molar refractivity (Wildman–Crippen MR) is 120 cm³/mol. The van der Waals surface area contributed by atoms with Crippen LogP contribution in [0, 0.1) is 0 Å². The SMILES string of the molecule is O=C(CSc1[nH]c2ccccc2[n+]1Cc1ccccc1)N/N=C/c1ccc(O)c(O)c1. The summed E-state index contributed by atoms with van der Waals surface area (Å²) in [6.45, 7) is 0.692. The molecular formula is C23H21N4O3S+. The molecule has 0 spiro atoms. The molecule has 1 heterocycles. The summed E-state index contributed by atoms with van der Waals surface area (Å²) in [6, 6.07) is 22.5. The van der Waals surface area contributed by atoms with E-state index in [4.69, 9.17) is 0 Å². The lowest BCUT2D eigenvalue weighted by atomic mass is 10.2. The molecule has 0 aliphatic heterocycles. The zero-order valence-electron chi connectivity index (χ0n) is 16.5. The van der Waals surface area contributed by atoms with Crippen molar-refractivity contribution in [2.75, 3.05) is 5.75 Å². The van der Waals surface area contributed by atoms with Gasteiger partial charge in [0.15, 0.2) is 22.5 Å². The number of rotatable bonds is 7. The Balaban J connectivity index is 1.43. The second-order valence-electron chi connectivity index (χ2n) is 6.85. The molecule has 0 bridgehead atoms. The fourth-order valence-electron chi connectivity index (χ4n) is 3.11. The minimum atomic E-state index is -0.255. The molecule has 1 amide bonds. The van der Waals surface area contributed by atoms with Gasteiger partial charge in [-0.1, -0.05) is 42.5 Å². The number of fused-ring (bicyclic) bond motifs is 1. The van der Waals surface area contributed by atoms with Gasteiger partial charge in [0.1, 0.15) is 6.54 Å². The number of aromatic hydroxyl groups is 2. The first-order chi connectivity index (χ1) is 15.1. The number of thioether (sulfide) groups is 1. The molecular weight excluding hydrogens is 412 g/mol. The van der Waals surface area contributed by atoms with E-state index in [-0.39, 0.29) is 23.2 Å². The molecule has 156 valence electrons. The number of H-pyrrole nitrogens is 1. The number of carbonyl (C=O) groups excluding carboxylic acids is 1. The molecule has 1 aromatic heterocycles. The number of carbonyl (C=O) groups is 1. The van der Waals surface area contributed by atoms with Crippen molar-refractivity contribution in [1.29, 1.82) is 0 Å². The van der Waals surface area contributed by atoms with Crippen LogP contribution in [0.25, 0.3) is 11.0 Å². The third-order valence-corrected chi connectivity index (χ3v) is 5.61. The summed E-state index contributed by atoms with van der Waals surface area (Å²) in [4.78, 5) is 15.6. The first-order valence-electron chi connectivity index (χ1n) is 9.61. The number of phenols is 2. The number of hydrogen-bond donors (Lipinski definition) is 4. The third-order valence-electron chi connectivity index (χ3n) is 4.61. The summed E-state index contributed by atoms with van der Waals surface area (Å²) >= 11 is 1.40. The number of aromatic nitrogens is 2. The third kappa shape index (κ3) is 5.04. The van der Waals surface area contributed by atoms with Gasteiger partial charge in [0.2, 0.25) is 0 Å². The molecule has 8 heteroatoms. The highest BCUT2D eigenvalue weighted by Gasteiger charge is 2.20. The molecule has 0 saturated heterocycles. The zero-order chi connectivity index (χ0) is 21.6. The van der Waals surface area contributed by atoms with Crippen molar-refractivity contribution < 1.29 is 19.6 Å². The second kappa shape index (κ2) is 9.36. The summed E-state index contributed by atoms with van der Waals surface area (Å²) in [6.07, 6.45) is 1.40. The molecule has 4 aromatic rings. The van der Waals surface area contributed by atoms with E-state index in [1.165, 1.54) is 35.7 Å². The van der Waals surface area contributed by atoms with E-state index in [1.54, 1.807) is 6.07 Å². The Morgan fingerprint density at radius 2 is 1.81 bits per heavy atom. The topological polar surface area (TPSA) is 102 Å². The summed E-state index contributed by atoms with van der Waals surface area (Å²) in [5.41, 5.74) is 6.28. The maximum absolute atomic E-state index is 12.3. The molecule has 0 saturated carbocycles. The standard InChI is InChI=1S/C23H20N4O3S/c28-20-11-10-17(12-21(20)29)13-24-26-22(30)15-31-23-25-18-8-4-5-9-19(18)27(23)14-16-6-2-1-3-7-16/h1-13H,14-15H2,(H3,24,26,28,29,30)/p+1. The Kier molecular flexibility index (Phi) is 6.18. The Bertz CT molecular complexity index is 1240. The van der Waals surface area contributed by atoms with Crippen molar-refractivity contribution in [1.82, 2.24) is 10.4 Å². The van der Waals surface area contributed by atoms with Crippen LogP contribution in [0.1, 0.15) is 11.1 Å². The number of imidazole rings is 1. The molecule has 3 aromatic carbocycles. The Hall–Kier alpha value is -3.78. The number of benzene rings is 3. The first kappa shape index (κ1) is 20.5. The van der Waals surface area contributed by atoms with Crippen LogP contribution in [0.2, 0.25) is 0 Å². The monoisotopic (exact) mass is 433 g/mol. The fraction of sp³-hybridized carbons (Fsp3) is 0.0870. The van der Waals surface area contributed by atoms with Gasteiger partial charge in [-0.2, -0.15) is 5.10 Å². The van der Waals surface area contributed by atoms with Crippen LogP contribution >= 0.6 is 11.8 Å². The number of nitrogens with zero attached hydrogens (tertiary/aromatic N) is 2. The Morgan fingerprint density at radius 1 is 1.03 bits per heavy atom. The quantitative estimate of drug-likeness (QED) is 0.118. The van der Waals surface area contributed by atoms with E-state index in [0.717, 1.165) is 16.2 Å². The molecule has 0 radical (unpaired) electrons. The van der Waals surface area contributed by atoms with E-state index < -0.39 is 0 Å². The predicted octanol–water partition coefficient (Wildman–Crippen LogP) is 3.16. The van der Waals surface area contributed by atoms with Gasteiger partial charge in [-0.15, -0.1) is 0 Å². The van der Waals surface area contributed by atoms with Gasteiger partial charge in [0.25, 0.3) is 5.91 Å². The van der Waals surface area contributed by atoms with Crippen molar-refractivity contribution in [3.05, 3.63) is 83.9 Å². The minimum absolute atomic E-state index is 0.180. The number of nitrogens with one attached hydrogen (secondary N) is 2. The van der Waals surface area contributed by atoms with E-state index in [9.17, 15) is 15.0 Å². The summed E-state index contributed by atoms with van der Waals surface area (Å²) in [7, 11) is 0. The van der Waals surface area contributed by atoms with Crippen molar-refractivity contribution in [2.24, 2.45) is 5.10 Å². The van der Waals surface area contributed by atoms with E-state index in [0.29, 0.717) is 12.1 Å². The maximum atomic E-state index is 12.3. The number of phenolic OH excluding ortho intramolecular Hbond substituents is 2. The van der Waals surface area contributed by atoms with Crippen molar-refractivity contribution in [3.63, 3.8) is 0 Å². The van der Waals surface area contributed by atoms with E-state index >= 15 is 0 Å². The number of para-hydroxylation sites is 2. The summed E-state index contributed by atoms with van der Waals surface area (Å²) in [5, 5.41) is 23.6. The average Bonchev–Trinajstić information content (AvgIpc) is 3.13. The van der Waals surface area contributed by atoms with Gasteiger partial charge in [0, 0.05) is 0 Å². The van der Waals surface area contributed by atoms with Crippen LogP contribution in [0.3, 0.4) is 0 Å². The highest BCUT2D eigenvalue weighted by molar-refractivity contribution is 7.99. The lowest BCUT2D eigenvalue weighted by molar-refractivity contribution is -0.700. The van der Waals surface area contributed by atoms with Crippen molar-refractivity contribution >= 4 is 34.9 Å². The Morgan fingerprint density at radius 3 is 2.61 bits per heavy atom. The lowest BCUT2D eigenvalue weighted by Gasteiger charge is -2.03. The van der Waals surface area contributed by atoms with Gasteiger partial charge >= 0.3 is 5.16 Å². The first-order valence-corrected chi connectivity index (χ1v) is 10.6. The van der Waals surface area contributed by atoms with Gasteiger partial charge in [0.05, 0.1) is 12.0 Å². The molecule has 4 rings (SSSR count). The summed E-state index contributed by atoms with van der Waals surface area (Å²) in [5.74, 6) is -0.527. The average molecular weight is 434 g/mol.